The number of methoxy groups -OCH3 is 1. The highest BCUT2D eigenvalue weighted by Gasteiger charge is 2.09. The van der Waals surface area contributed by atoms with Gasteiger partial charge in [0, 0.05) is 6.07 Å². The molecule has 0 saturated carbocycles. The minimum Gasteiger partial charge on any atom is -0.497 e. The highest BCUT2D eigenvalue weighted by Crippen LogP contribution is 2.27. The molecule has 0 aliphatic heterocycles. The molecule has 0 aliphatic rings. The number of furan rings is 1. The lowest BCUT2D eigenvalue weighted by Gasteiger charge is -2.08. The molecule has 0 unspecified atom stereocenters. The Morgan fingerprint density at radius 2 is 2.21 bits per heavy atom. The van der Waals surface area contributed by atoms with Crippen molar-refractivity contribution >= 4 is 23.3 Å². The molecule has 2 N–H and O–H groups in total. The number of rotatable bonds is 5. The maximum Gasteiger partial charge on any atom is 0.371 e. The molecule has 2 aromatic rings. The highest BCUT2D eigenvalue weighted by molar-refractivity contribution is 6.33. The van der Waals surface area contributed by atoms with E-state index in [2.05, 4.69) is 5.32 Å². The summed E-state index contributed by atoms with van der Waals surface area (Å²) in [6.07, 6.45) is 0. The quantitative estimate of drug-likeness (QED) is 0.880. The van der Waals surface area contributed by atoms with E-state index in [0.717, 1.165) is 0 Å². The average molecular weight is 282 g/mol. The normalized spacial score (nSPS) is 10.2. The van der Waals surface area contributed by atoms with Crippen LogP contribution in [0.3, 0.4) is 0 Å². The Bertz CT molecular complexity index is 594. The van der Waals surface area contributed by atoms with Gasteiger partial charge < -0.3 is 19.6 Å². The van der Waals surface area contributed by atoms with Crippen molar-refractivity contribution in [2.75, 3.05) is 12.4 Å². The van der Waals surface area contributed by atoms with Crippen LogP contribution in [-0.2, 0) is 6.54 Å². The van der Waals surface area contributed by atoms with Crippen molar-refractivity contribution in [3.05, 3.63) is 46.9 Å². The van der Waals surface area contributed by atoms with Crippen LogP contribution in [0, 0.1) is 0 Å². The average Bonchev–Trinajstić information content (AvgIpc) is 2.87. The highest BCUT2D eigenvalue weighted by atomic mass is 35.5. The molecule has 0 radical (unpaired) electrons. The van der Waals surface area contributed by atoms with Gasteiger partial charge in [-0.1, -0.05) is 11.6 Å². The Kier molecular flexibility index (Phi) is 3.97. The van der Waals surface area contributed by atoms with E-state index < -0.39 is 5.97 Å². The standard InChI is InChI=1S/C13H12ClNO4/c1-18-8-2-4-10(14)11(6-8)15-7-9-3-5-12(19-9)13(16)17/h2-6,15H,7H2,1H3,(H,16,17). The smallest absolute Gasteiger partial charge is 0.371 e. The third-order valence-electron chi connectivity index (χ3n) is 2.50. The first kappa shape index (κ1) is 13.3. The predicted molar refractivity (Wildman–Crippen MR) is 71.0 cm³/mol. The number of carboxylic acids is 1. The molecule has 5 nitrogen and oxygen atoms in total. The molecule has 100 valence electrons. The summed E-state index contributed by atoms with van der Waals surface area (Å²) >= 11 is 6.03. The van der Waals surface area contributed by atoms with Crippen molar-refractivity contribution in [3.63, 3.8) is 0 Å². The summed E-state index contributed by atoms with van der Waals surface area (Å²) in [5, 5.41) is 12.3. The van der Waals surface area contributed by atoms with E-state index in [1.54, 1.807) is 31.4 Å². The molecule has 2 rings (SSSR count). The van der Waals surface area contributed by atoms with Crippen LogP contribution in [0.1, 0.15) is 16.3 Å². The largest absolute Gasteiger partial charge is 0.497 e. The topological polar surface area (TPSA) is 71.7 Å². The van der Waals surface area contributed by atoms with E-state index >= 15 is 0 Å². The molecular formula is C13H12ClNO4. The van der Waals surface area contributed by atoms with Crippen LogP contribution in [0.2, 0.25) is 5.02 Å². The number of ether oxygens (including phenoxy) is 1. The number of hydrogen-bond donors (Lipinski definition) is 2. The second-order valence-electron chi connectivity index (χ2n) is 3.77. The summed E-state index contributed by atoms with van der Waals surface area (Å²) in [7, 11) is 1.57. The first-order valence-electron chi connectivity index (χ1n) is 5.49. The van der Waals surface area contributed by atoms with Crippen LogP contribution in [0.4, 0.5) is 5.69 Å². The van der Waals surface area contributed by atoms with E-state index in [4.69, 9.17) is 25.9 Å². The van der Waals surface area contributed by atoms with Crippen molar-refractivity contribution in [1.82, 2.24) is 0 Å². The van der Waals surface area contributed by atoms with Crippen molar-refractivity contribution < 1.29 is 19.1 Å². The second-order valence-corrected chi connectivity index (χ2v) is 4.18. The minimum atomic E-state index is -1.09. The Morgan fingerprint density at radius 3 is 2.84 bits per heavy atom. The Hall–Kier alpha value is -2.14. The molecule has 6 heteroatoms. The number of hydrogen-bond acceptors (Lipinski definition) is 4. The first-order chi connectivity index (χ1) is 9.10. The lowest BCUT2D eigenvalue weighted by Crippen LogP contribution is -1.99. The van der Waals surface area contributed by atoms with Crippen LogP contribution in [0.25, 0.3) is 0 Å². The van der Waals surface area contributed by atoms with E-state index in [-0.39, 0.29) is 5.76 Å². The minimum absolute atomic E-state index is 0.0893. The third kappa shape index (κ3) is 3.20. The maximum atomic E-state index is 10.7. The monoisotopic (exact) mass is 281 g/mol. The molecule has 0 spiro atoms. The number of anilines is 1. The van der Waals surface area contributed by atoms with Crippen molar-refractivity contribution in [2.45, 2.75) is 6.54 Å². The summed E-state index contributed by atoms with van der Waals surface area (Å²) in [6, 6.07) is 8.23. The lowest BCUT2D eigenvalue weighted by molar-refractivity contribution is 0.0660. The van der Waals surface area contributed by atoms with Gasteiger partial charge in [-0.25, -0.2) is 4.79 Å². The van der Waals surface area contributed by atoms with Gasteiger partial charge in [-0.15, -0.1) is 0 Å². The number of benzene rings is 1. The Balaban J connectivity index is 2.07. The molecule has 19 heavy (non-hydrogen) atoms. The van der Waals surface area contributed by atoms with Crippen molar-refractivity contribution in [2.24, 2.45) is 0 Å². The fraction of sp³-hybridized carbons (Fsp3) is 0.154. The molecule has 1 aromatic carbocycles. The lowest BCUT2D eigenvalue weighted by atomic mass is 10.3. The molecule has 0 fully saturated rings. The van der Waals surface area contributed by atoms with Crippen LogP contribution in [0.5, 0.6) is 5.75 Å². The van der Waals surface area contributed by atoms with Gasteiger partial charge in [0.1, 0.15) is 11.5 Å². The summed E-state index contributed by atoms with van der Waals surface area (Å²) < 4.78 is 10.2. The second kappa shape index (κ2) is 5.67. The summed E-state index contributed by atoms with van der Waals surface area (Å²) in [6.45, 7) is 0.333. The van der Waals surface area contributed by atoms with Gasteiger partial charge in [0.15, 0.2) is 0 Å². The molecule has 0 atom stereocenters. The molecule has 1 heterocycles. The van der Waals surface area contributed by atoms with E-state index in [1.165, 1.54) is 6.07 Å². The molecule has 1 aromatic heterocycles. The number of nitrogens with one attached hydrogen (secondary N) is 1. The first-order valence-corrected chi connectivity index (χ1v) is 5.87. The summed E-state index contributed by atoms with van der Waals surface area (Å²) in [5.41, 5.74) is 0.689. The molecule has 0 saturated heterocycles. The third-order valence-corrected chi connectivity index (χ3v) is 2.83. The van der Waals surface area contributed by atoms with Crippen molar-refractivity contribution in [1.29, 1.82) is 0 Å². The number of carboxylic acid groups (broad SMARTS) is 1. The molecular weight excluding hydrogens is 270 g/mol. The van der Waals surface area contributed by atoms with E-state index in [9.17, 15) is 4.79 Å². The number of aromatic carboxylic acids is 1. The Labute approximate surface area is 114 Å². The zero-order valence-corrected chi connectivity index (χ0v) is 10.9. The van der Waals surface area contributed by atoms with Gasteiger partial charge in [0.2, 0.25) is 5.76 Å². The summed E-state index contributed by atoms with van der Waals surface area (Å²) in [5.74, 6) is 0.00746. The van der Waals surface area contributed by atoms with Gasteiger partial charge in [-0.2, -0.15) is 0 Å². The molecule has 0 amide bonds. The number of halogens is 1. The SMILES string of the molecule is COc1ccc(Cl)c(NCc2ccc(C(=O)O)o2)c1. The maximum absolute atomic E-state index is 10.7. The van der Waals surface area contributed by atoms with Gasteiger partial charge in [0.05, 0.1) is 24.4 Å². The van der Waals surface area contributed by atoms with Gasteiger partial charge in [0.25, 0.3) is 0 Å². The summed E-state index contributed by atoms with van der Waals surface area (Å²) in [4.78, 5) is 10.7. The van der Waals surface area contributed by atoms with Crippen LogP contribution in [0.15, 0.2) is 34.7 Å². The fourth-order valence-corrected chi connectivity index (χ4v) is 1.72. The Morgan fingerprint density at radius 1 is 1.42 bits per heavy atom. The van der Waals surface area contributed by atoms with Crippen LogP contribution >= 0.6 is 11.6 Å². The fourth-order valence-electron chi connectivity index (χ4n) is 1.54. The van der Waals surface area contributed by atoms with Gasteiger partial charge in [-0.05, 0) is 24.3 Å². The van der Waals surface area contributed by atoms with E-state index in [0.29, 0.717) is 28.8 Å². The van der Waals surface area contributed by atoms with Crippen LogP contribution < -0.4 is 10.1 Å². The zero-order chi connectivity index (χ0) is 13.8. The van der Waals surface area contributed by atoms with E-state index in [1.807, 2.05) is 0 Å². The molecule has 0 aliphatic carbocycles. The van der Waals surface area contributed by atoms with Gasteiger partial charge in [-0.3, -0.25) is 0 Å². The van der Waals surface area contributed by atoms with Crippen molar-refractivity contribution in [3.8, 4) is 5.75 Å². The van der Waals surface area contributed by atoms with Crippen LogP contribution in [-0.4, -0.2) is 18.2 Å². The zero-order valence-electron chi connectivity index (χ0n) is 10.1. The van der Waals surface area contributed by atoms with Gasteiger partial charge >= 0.3 is 5.97 Å². The predicted octanol–water partition coefficient (Wildman–Crippen LogP) is 3.25. The number of carbonyl (C=O) groups is 1. The molecule has 0 bridgehead atoms.